The van der Waals surface area contributed by atoms with Crippen molar-refractivity contribution >= 4 is 11.7 Å². The molecular weight excluding hydrogens is 244 g/mol. The third-order valence-corrected chi connectivity index (χ3v) is 3.07. The molecule has 0 atom stereocenters. The number of carbonyl (C=O) groups excluding carboxylic acids is 1. The van der Waals surface area contributed by atoms with Crippen molar-refractivity contribution in [1.82, 2.24) is 24.9 Å². The van der Waals surface area contributed by atoms with Crippen LogP contribution >= 0.6 is 0 Å². The number of carbonyl (C=O) groups is 1. The summed E-state index contributed by atoms with van der Waals surface area (Å²) >= 11 is 0. The molecule has 7 nitrogen and oxygen atoms in total. The Hall–Kier alpha value is -2.02. The summed E-state index contributed by atoms with van der Waals surface area (Å²) in [7, 11) is 0. The molecule has 3 N–H and O–H groups in total. The Bertz CT molecular complexity index is 591. The lowest BCUT2D eigenvalue weighted by atomic mass is 10.1. The van der Waals surface area contributed by atoms with Crippen LogP contribution in [-0.4, -0.2) is 38.6 Å². The van der Waals surface area contributed by atoms with E-state index in [0.29, 0.717) is 25.3 Å². The third kappa shape index (κ3) is 2.87. The Morgan fingerprint density at radius 2 is 2.26 bits per heavy atom. The van der Waals surface area contributed by atoms with Crippen LogP contribution in [0, 0.1) is 13.8 Å². The monoisotopic (exact) mass is 262 g/mol. The number of fused-ring (bicyclic) bond motifs is 1. The van der Waals surface area contributed by atoms with E-state index in [1.165, 1.54) is 0 Å². The molecule has 0 saturated heterocycles. The Morgan fingerprint density at radius 3 is 3.00 bits per heavy atom. The minimum atomic E-state index is -0.0196. The predicted octanol–water partition coefficient (Wildman–Crippen LogP) is -0.251. The smallest absolute Gasteiger partial charge is 0.255 e. The average molecular weight is 262 g/mol. The van der Waals surface area contributed by atoms with Crippen LogP contribution < -0.4 is 11.1 Å². The number of hydrogen-bond donors (Lipinski definition) is 2. The van der Waals surface area contributed by atoms with Crippen molar-refractivity contribution in [2.45, 2.75) is 26.7 Å². The van der Waals surface area contributed by atoms with Crippen molar-refractivity contribution in [1.29, 1.82) is 0 Å². The molecule has 2 heterocycles. The molecular formula is C12H18N6O. The molecule has 0 aliphatic carbocycles. The lowest BCUT2D eigenvalue weighted by Gasteiger charge is -2.10. The van der Waals surface area contributed by atoms with Gasteiger partial charge in [0.25, 0.3) is 5.78 Å². The molecule has 0 aliphatic heterocycles. The van der Waals surface area contributed by atoms with Crippen LogP contribution in [0.25, 0.3) is 5.78 Å². The van der Waals surface area contributed by atoms with Crippen LogP contribution in [0.15, 0.2) is 6.33 Å². The van der Waals surface area contributed by atoms with E-state index < -0.39 is 0 Å². The van der Waals surface area contributed by atoms with Crippen LogP contribution in [0.4, 0.5) is 0 Å². The highest BCUT2D eigenvalue weighted by molar-refractivity contribution is 5.79. The first-order valence-electron chi connectivity index (χ1n) is 6.26. The van der Waals surface area contributed by atoms with Gasteiger partial charge in [-0.3, -0.25) is 9.20 Å². The summed E-state index contributed by atoms with van der Waals surface area (Å²) in [4.78, 5) is 16.2. The van der Waals surface area contributed by atoms with Gasteiger partial charge in [-0.05, 0) is 26.8 Å². The minimum Gasteiger partial charge on any atom is -0.356 e. The Labute approximate surface area is 111 Å². The molecule has 19 heavy (non-hydrogen) atoms. The second-order valence-electron chi connectivity index (χ2n) is 4.43. The molecule has 0 unspecified atom stereocenters. The zero-order chi connectivity index (χ0) is 13.8. The molecule has 102 valence electrons. The maximum atomic E-state index is 11.8. The van der Waals surface area contributed by atoms with E-state index in [1.54, 1.807) is 10.7 Å². The van der Waals surface area contributed by atoms with E-state index in [9.17, 15) is 4.79 Å². The van der Waals surface area contributed by atoms with Crippen LogP contribution in [0.3, 0.4) is 0 Å². The van der Waals surface area contributed by atoms with Crippen LogP contribution in [-0.2, 0) is 11.2 Å². The van der Waals surface area contributed by atoms with Gasteiger partial charge in [0.2, 0.25) is 5.91 Å². The molecule has 0 saturated carbocycles. The third-order valence-electron chi connectivity index (χ3n) is 3.07. The zero-order valence-corrected chi connectivity index (χ0v) is 11.2. The molecule has 0 radical (unpaired) electrons. The number of rotatable bonds is 5. The lowest BCUT2D eigenvalue weighted by Crippen LogP contribution is -2.28. The molecule has 0 spiro atoms. The number of aryl methyl sites for hydroxylation is 2. The number of nitrogens with zero attached hydrogens (tertiary/aromatic N) is 4. The Balaban J connectivity index is 2.17. The molecule has 2 aromatic rings. The molecule has 0 aliphatic rings. The normalized spacial score (nSPS) is 10.9. The van der Waals surface area contributed by atoms with Gasteiger partial charge in [0.1, 0.15) is 6.33 Å². The predicted molar refractivity (Wildman–Crippen MR) is 70.6 cm³/mol. The van der Waals surface area contributed by atoms with E-state index in [2.05, 4.69) is 20.5 Å². The van der Waals surface area contributed by atoms with Crippen molar-refractivity contribution in [2.75, 3.05) is 13.1 Å². The molecule has 2 rings (SSSR count). The first-order chi connectivity index (χ1) is 9.13. The molecule has 2 aromatic heterocycles. The fourth-order valence-corrected chi connectivity index (χ4v) is 1.98. The van der Waals surface area contributed by atoms with Gasteiger partial charge in [-0.1, -0.05) is 0 Å². The number of nitrogens with one attached hydrogen (secondary N) is 1. The van der Waals surface area contributed by atoms with Crippen LogP contribution in [0.2, 0.25) is 0 Å². The topological polar surface area (TPSA) is 98.2 Å². The lowest BCUT2D eigenvalue weighted by molar-refractivity contribution is -0.120. The Morgan fingerprint density at radius 1 is 1.47 bits per heavy atom. The molecule has 0 bridgehead atoms. The highest BCUT2D eigenvalue weighted by atomic mass is 16.1. The van der Waals surface area contributed by atoms with Gasteiger partial charge >= 0.3 is 0 Å². The van der Waals surface area contributed by atoms with Crippen molar-refractivity contribution in [2.24, 2.45) is 5.73 Å². The van der Waals surface area contributed by atoms with Crippen molar-refractivity contribution in [3.05, 3.63) is 23.3 Å². The van der Waals surface area contributed by atoms with Gasteiger partial charge in [-0.25, -0.2) is 4.98 Å². The standard InChI is InChI=1S/C12H18N6O/c1-8-10(6-11(19)14-5-3-4-13)9(2)18-7-15-17-12(18)16-8/h7H,3-6,13H2,1-2H3,(H,14,19). The first-order valence-corrected chi connectivity index (χ1v) is 6.26. The van der Waals surface area contributed by atoms with E-state index >= 15 is 0 Å². The quantitative estimate of drug-likeness (QED) is 0.724. The highest BCUT2D eigenvalue weighted by Crippen LogP contribution is 2.13. The summed E-state index contributed by atoms with van der Waals surface area (Å²) in [6, 6.07) is 0. The first kappa shape index (κ1) is 13.4. The summed E-state index contributed by atoms with van der Waals surface area (Å²) in [6.07, 6.45) is 2.70. The maximum Gasteiger partial charge on any atom is 0.255 e. The van der Waals surface area contributed by atoms with Crippen molar-refractivity contribution < 1.29 is 4.79 Å². The fraction of sp³-hybridized carbons (Fsp3) is 0.500. The maximum absolute atomic E-state index is 11.8. The van der Waals surface area contributed by atoms with Crippen molar-refractivity contribution in [3.8, 4) is 0 Å². The van der Waals surface area contributed by atoms with Gasteiger partial charge in [0.05, 0.1) is 6.42 Å². The van der Waals surface area contributed by atoms with Gasteiger partial charge in [0.15, 0.2) is 0 Å². The van der Waals surface area contributed by atoms with E-state index in [-0.39, 0.29) is 5.91 Å². The summed E-state index contributed by atoms with van der Waals surface area (Å²) in [5.74, 6) is 0.538. The van der Waals surface area contributed by atoms with Crippen LogP contribution in [0.1, 0.15) is 23.4 Å². The molecule has 0 aromatic carbocycles. The Kier molecular flexibility index (Phi) is 4.06. The second-order valence-corrected chi connectivity index (χ2v) is 4.43. The zero-order valence-electron chi connectivity index (χ0n) is 11.2. The van der Waals surface area contributed by atoms with Crippen molar-refractivity contribution in [3.63, 3.8) is 0 Å². The summed E-state index contributed by atoms with van der Waals surface area (Å²) in [6.45, 7) is 5.00. The minimum absolute atomic E-state index is 0.0196. The largest absolute Gasteiger partial charge is 0.356 e. The highest BCUT2D eigenvalue weighted by Gasteiger charge is 2.13. The van der Waals surface area contributed by atoms with Gasteiger partial charge in [-0.2, -0.15) is 0 Å². The van der Waals surface area contributed by atoms with Crippen LogP contribution in [0.5, 0.6) is 0 Å². The van der Waals surface area contributed by atoms with E-state index in [4.69, 9.17) is 5.73 Å². The van der Waals surface area contributed by atoms with E-state index in [1.807, 2.05) is 13.8 Å². The van der Waals surface area contributed by atoms with Gasteiger partial charge < -0.3 is 11.1 Å². The molecule has 1 amide bonds. The van der Waals surface area contributed by atoms with Gasteiger partial charge in [0, 0.05) is 23.5 Å². The number of hydrogen-bond acceptors (Lipinski definition) is 5. The summed E-state index contributed by atoms with van der Waals surface area (Å²) in [5.41, 5.74) is 8.06. The number of amides is 1. The SMILES string of the molecule is Cc1nc2nncn2c(C)c1CC(=O)NCCCN. The van der Waals surface area contributed by atoms with Gasteiger partial charge in [-0.15, -0.1) is 10.2 Å². The molecule has 0 fully saturated rings. The number of aromatic nitrogens is 4. The fourth-order valence-electron chi connectivity index (χ4n) is 1.98. The number of nitrogens with two attached hydrogens (primary N) is 1. The average Bonchev–Trinajstić information content (AvgIpc) is 2.83. The summed E-state index contributed by atoms with van der Waals surface area (Å²) in [5, 5.41) is 10.6. The summed E-state index contributed by atoms with van der Waals surface area (Å²) < 4.78 is 1.79. The second kappa shape index (κ2) is 5.75. The van der Waals surface area contributed by atoms with E-state index in [0.717, 1.165) is 23.4 Å². The molecule has 7 heteroatoms.